The van der Waals surface area contributed by atoms with Gasteiger partial charge in [0.15, 0.2) is 0 Å². The van der Waals surface area contributed by atoms with E-state index >= 15 is 0 Å². The van der Waals surface area contributed by atoms with Crippen molar-refractivity contribution in [2.45, 2.75) is 6.92 Å². The minimum Gasteiger partial charge on any atom is -0.378 e. The second-order valence-corrected chi connectivity index (χ2v) is 7.40. The first kappa shape index (κ1) is 17.6. The number of aromatic nitrogens is 2. The highest BCUT2D eigenvalue weighted by Crippen LogP contribution is 2.29. The third-order valence-electron chi connectivity index (χ3n) is 4.29. The summed E-state index contributed by atoms with van der Waals surface area (Å²) < 4.78 is 5.32. The number of aryl methyl sites for hydroxylation is 1. The second-order valence-electron chi connectivity index (χ2n) is 6.32. The van der Waals surface area contributed by atoms with Gasteiger partial charge in [0.25, 0.3) is 5.91 Å². The average Bonchev–Trinajstić information content (AvgIpc) is 3.19. The molecule has 3 aromatic heterocycles. The van der Waals surface area contributed by atoms with E-state index in [1.165, 1.54) is 11.3 Å². The first-order valence-electron chi connectivity index (χ1n) is 8.83. The van der Waals surface area contributed by atoms with Gasteiger partial charge in [-0.1, -0.05) is 6.07 Å². The summed E-state index contributed by atoms with van der Waals surface area (Å²) in [6, 6.07) is 13.6. The normalized spacial score (nSPS) is 14.2. The summed E-state index contributed by atoms with van der Waals surface area (Å²) in [5.41, 5.74) is 1.96. The molecule has 7 heteroatoms. The van der Waals surface area contributed by atoms with Crippen LogP contribution in [0.3, 0.4) is 0 Å². The van der Waals surface area contributed by atoms with Crippen LogP contribution in [0.4, 0.5) is 11.6 Å². The van der Waals surface area contributed by atoms with Crippen molar-refractivity contribution in [3.05, 3.63) is 59.1 Å². The van der Waals surface area contributed by atoms with E-state index in [0.29, 0.717) is 26.3 Å². The van der Waals surface area contributed by atoms with E-state index in [0.717, 1.165) is 32.6 Å². The number of carbonyl (C=O) groups excluding carboxylic acids is 1. The molecule has 1 fully saturated rings. The molecule has 0 aromatic carbocycles. The molecule has 0 radical (unpaired) electrons. The van der Waals surface area contributed by atoms with Crippen LogP contribution in [-0.2, 0) is 4.74 Å². The molecule has 0 spiro atoms. The molecular weight excluding hydrogens is 360 g/mol. The Kier molecular flexibility index (Phi) is 5.13. The van der Waals surface area contributed by atoms with Crippen molar-refractivity contribution >= 4 is 28.9 Å². The van der Waals surface area contributed by atoms with Crippen molar-refractivity contribution in [2.75, 3.05) is 31.6 Å². The highest BCUT2D eigenvalue weighted by Gasteiger charge is 2.20. The Labute approximate surface area is 161 Å². The van der Waals surface area contributed by atoms with E-state index in [9.17, 15) is 4.79 Å². The molecule has 138 valence electrons. The molecule has 0 unspecified atom stereocenters. The quantitative estimate of drug-likeness (QED) is 0.747. The van der Waals surface area contributed by atoms with Crippen molar-refractivity contribution in [1.29, 1.82) is 0 Å². The van der Waals surface area contributed by atoms with Gasteiger partial charge in [0.2, 0.25) is 0 Å². The number of carbonyl (C=O) groups is 1. The Hall–Kier alpha value is -2.77. The predicted octanol–water partition coefficient (Wildman–Crippen LogP) is 3.73. The van der Waals surface area contributed by atoms with Gasteiger partial charge in [0, 0.05) is 19.3 Å². The molecule has 4 heterocycles. The lowest BCUT2D eigenvalue weighted by molar-refractivity contribution is 0.0306. The van der Waals surface area contributed by atoms with E-state index in [1.807, 2.05) is 54.3 Å². The van der Waals surface area contributed by atoms with Crippen LogP contribution in [0.2, 0.25) is 0 Å². The van der Waals surface area contributed by atoms with Gasteiger partial charge < -0.3 is 15.0 Å². The smallest absolute Gasteiger partial charge is 0.264 e. The molecule has 1 aliphatic heterocycles. The lowest BCUT2D eigenvalue weighted by Gasteiger charge is -2.26. The zero-order chi connectivity index (χ0) is 18.6. The van der Waals surface area contributed by atoms with Crippen LogP contribution in [0, 0.1) is 6.92 Å². The molecule has 1 saturated heterocycles. The fourth-order valence-electron chi connectivity index (χ4n) is 2.89. The van der Waals surface area contributed by atoms with Gasteiger partial charge in [0.1, 0.15) is 11.6 Å². The topological polar surface area (TPSA) is 67.4 Å². The number of thiophene rings is 1. The van der Waals surface area contributed by atoms with Gasteiger partial charge in [0.05, 0.1) is 28.7 Å². The van der Waals surface area contributed by atoms with Crippen LogP contribution >= 0.6 is 11.3 Å². The van der Waals surface area contributed by atoms with E-state index < -0.39 is 0 Å². The first-order valence-corrected chi connectivity index (χ1v) is 9.65. The molecule has 27 heavy (non-hydrogen) atoms. The number of hydrogen-bond donors (Lipinski definition) is 1. The van der Waals surface area contributed by atoms with E-state index in [2.05, 4.69) is 15.3 Å². The first-order chi connectivity index (χ1) is 13.2. The Morgan fingerprint density at radius 1 is 1.15 bits per heavy atom. The maximum atomic E-state index is 12.6. The molecular formula is C20H20N4O2S. The maximum absolute atomic E-state index is 12.6. The highest BCUT2D eigenvalue weighted by atomic mass is 32.1. The molecule has 1 aliphatic rings. The Morgan fingerprint density at radius 2 is 2.00 bits per heavy atom. The van der Waals surface area contributed by atoms with Crippen LogP contribution in [0.25, 0.3) is 10.6 Å². The van der Waals surface area contributed by atoms with Gasteiger partial charge in [-0.2, -0.15) is 0 Å². The fourth-order valence-corrected chi connectivity index (χ4v) is 3.83. The van der Waals surface area contributed by atoms with Crippen LogP contribution < -0.4 is 5.32 Å². The summed E-state index contributed by atoms with van der Waals surface area (Å²) in [5.74, 6) is 1.54. The minimum absolute atomic E-state index is 0.0628. The average molecular weight is 380 g/mol. The van der Waals surface area contributed by atoms with Gasteiger partial charge in [-0.3, -0.25) is 4.79 Å². The van der Waals surface area contributed by atoms with Crippen molar-refractivity contribution in [3.8, 4) is 10.6 Å². The summed E-state index contributed by atoms with van der Waals surface area (Å²) in [4.78, 5) is 25.1. The fraction of sp³-hybridized carbons (Fsp3) is 0.250. The third-order valence-corrected chi connectivity index (χ3v) is 5.38. The van der Waals surface area contributed by atoms with E-state index in [4.69, 9.17) is 4.74 Å². The monoisotopic (exact) mass is 380 g/mol. The lowest BCUT2D eigenvalue weighted by atomic mass is 10.3. The Morgan fingerprint density at radius 3 is 2.81 bits per heavy atom. The van der Waals surface area contributed by atoms with Gasteiger partial charge in [-0.25, -0.2) is 9.97 Å². The van der Waals surface area contributed by atoms with Crippen LogP contribution in [-0.4, -0.2) is 47.1 Å². The van der Waals surface area contributed by atoms with Gasteiger partial charge in [-0.05, 0) is 48.9 Å². The van der Waals surface area contributed by atoms with Gasteiger partial charge in [-0.15, -0.1) is 11.3 Å². The minimum atomic E-state index is 0.0628. The summed E-state index contributed by atoms with van der Waals surface area (Å²) in [6.07, 6.45) is 1.77. The molecule has 4 rings (SSSR count). The Bertz CT molecular complexity index is 950. The number of pyridine rings is 2. The SMILES string of the molecule is Cc1ccnc(Nc2cccc(-c3ccc(C(=O)N4CCOCC4)s3)n2)c1. The number of anilines is 2. The Balaban J connectivity index is 1.52. The summed E-state index contributed by atoms with van der Waals surface area (Å²) >= 11 is 1.47. The summed E-state index contributed by atoms with van der Waals surface area (Å²) in [6.45, 7) is 4.52. The van der Waals surface area contributed by atoms with Crippen molar-refractivity contribution < 1.29 is 9.53 Å². The number of amides is 1. The van der Waals surface area contributed by atoms with Crippen molar-refractivity contribution in [1.82, 2.24) is 14.9 Å². The molecule has 6 nitrogen and oxygen atoms in total. The second kappa shape index (κ2) is 7.85. The predicted molar refractivity (Wildman–Crippen MR) is 107 cm³/mol. The third kappa shape index (κ3) is 4.15. The molecule has 0 saturated carbocycles. The largest absolute Gasteiger partial charge is 0.378 e. The highest BCUT2D eigenvalue weighted by molar-refractivity contribution is 7.17. The zero-order valence-electron chi connectivity index (χ0n) is 15.0. The molecule has 1 N–H and O–H groups in total. The van der Waals surface area contributed by atoms with Gasteiger partial charge >= 0.3 is 0 Å². The summed E-state index contributed by atoms with van der Waals surface area (Å²) in [5, 5.41) is 3.23. The zero-order valence-corrected chi connectivity index (χ0v) is 15.8. The standard InChI is InChI=1S/C20H20N4O2S/c1-14-7-8-21-19(13-14)23-18-4-2-3-15(22-18)16-5-6-17(27-16)20(25)24-9-11-26-12-10-24/h2-8,13H,9-12H2,1H3,(H,21,22,23). The van der Waals surface area contributed by atoms with Crippen LogP contribution in [0.5, 0.6) is 0 Å². The number of nitrogens with one attached hydrogen (secondary N) is 1. The number of nitrogens with zero attached hydrogens (tertiary/aromatic N) is 3. The van der Waals surface area contributed by atoms with Crippen molar-refractivity contribution in [3.63, 3.8) is 0 Å². The molecule has 0 aliphatic carbocycles. The molecule has 0 atom stereocenters. The number of rotatable bonds is 4. The summed E-state index contributed by atoms with van der Waals surface area (Å²) in [7, 11) is 0. The van der Waals surface area contributed by atoms with Crippen LogP contribution in [0.15, 0.2) is 48.7 Å². The van der Waals surface area contributed by atoms with Crippen molar-refractivity contribution in [2.24, 2.45) is 0 Å². The maximum Gasteiger partial charge on any atom is 0.264 e. The number of hydrogen-bond acceptors (Lipinski definition) is 6. The lowest BCUT2D eigenvalue weighted by Crippen LogP contribution is -2.40. The number of morpholine rings is 1. The van der Waals surface area contributed by atoms with Crippen LogP contribution in [0.1, 0.15) is 15.2 Å². The molecule has 1 amide bonds. The molecule has 0 bridgehead atoms. The van der Waals surface area contributed by atoms with E-state index in [1.54, 1.807) is 6.20 Å². The van der Waals surface area contributed by atoms with E-state index in [-0.39, 0.29) is 5.91 Å². The number of ether oxygens (including phenoxy) is 1. The molecule has 3 aromatic rings.